The van der Waals surface area contributed by atoms with Gasteiger partial charge in [-0.05, 0) is 38.5 Å². The highest BCUT2D eigenvalue weighted by Crippen LogP contribution is 2.38. The van der Waals surface area contributed by atoms with Gasteiger partial charge in [-0.25, -0.2) is 4.98 Å². The third-order valence-corrected chi connectivity index (χ3v) is 4.40. The van der Waals surface area contributed by atoms with E-state index in [9.17, 15) is 5.11 Å². The SMILES string of the molecule is CCC1CCCC(C(O)c2cncn2C(C)C)C1. The number of hydrogen-bond acceptors (Lipinski definition) is 2. The minimum atomic E-state index is -0.343. The number of aliphatic hydroxyl groups is 1. The molecule has 1 N–H and O–H groups in total. The van der Waals surface area contributed by atoms with E-state index in [1.165, 1.54) is 25.7 Å². The zero-order chi connectivity index (χ0) is 13.1. The summed E-state index contributed by atoms with van der Waals surface area (Å²) in [6.07, 6.45) is 9.49. The lowest BCUT2D eigenvalue weighted by atomic mass is 9.77. The van der Waals surface area contributed by atoms with E-state index in [-0.39, 0.29) is 6.10 Å². The molecule has 18 heavy (non-hydrogen) atoms. The van der Waals surface area contributed by atoms with Gasteiger partial charge in [-0.15, -0.1) is 0 Å². The van der Waals surface area contributed by atoms with Gasteiger partial charge < -0.3 is 9.67 Å². The maximum absolute atomic E-state index is 10.6. The lowest BCUT2D eigenvalue weighted by Gasteiger charge is -2.32. The largest absolute Gasteiger partial charge is 0.387 e. The summed E-state index contributed by atoms with van der Waals surface area (Å²) in [5, 5.41) is 10.6. The first-order valence-electron chi connectivity index (χ1n) is 7.33. The molecule has 0 amide bonds. The second kappa shape index (κ2) is 5.87. The highest BCUT2D eigenvalue weighted by Gasteiger charge is 2.29. The molecule has 0 aromatic carbocycles. The minimum Gasteiger partial charge on any atom is -0.387 e. The Balaban J connectivity index is 2.10. The first-order chi connectivity index (χ1) is 8.63. The number of aliphatic hydroxyl groups excluding tert-OH is 1. The molecular formula is C15H26N2O. The Kier molecular flexibility index (Phi) is 4.44. The van der Waals surface area contributed by atoms with Crippen LogP contribution < -0.4 is 0 Å². The van der Waals surface area contributed by atoms with Crippen LogP contribution in [0.25, 0.3) is 0 Å². The highest BCUT2D eigenvalue weighted by atomic mass is 16.3. The van der Waals surface area contributed by atoms with Crippen molar-refractivity contribution in [2.45, 2.75) is 65.0 Å². The molecule has 1 fully saturated rings. The summed E-state index contributed by atoms with van der Waals surface area (Å²) in [4.78, 5) is 4.20. The van der Waals surface area contributed by atoms with Crippen LogP contribution in [0, 0.1) is 11.8 Å². The van der Waals surface area contributed by atoms with Crippen molar-refractivity contribution >= 4 is 0 Å². The van der Waals surface area contributed by atoms with Gasteiger partial charge >= 0.3 is 0 Å². The van der Waals surface area contributed by atoms with Gasteiger partial charge in [-0.3, -0.25) is 0 Å². The lowest BCUT2D eigenvalue weighted by Crippen LogP contribution is -2.23. The molecular weight excluding hydrogens is 224 g/mol. The summed E-state index contributed by atoms with van der Waals surface area (Å²) in [6, 6.07) is 0.364. The molecule has 1 aliphatic carbocycles. The van der Waals surface area contributed by atoms with Crippen molar-refractivity contribution in [1.82, 2.24) is 9.55 Å². The molecule has 1 aromatic rings. The van der Waals surface area contributed by atoms with Crippen molar-refractivity contribution in [3.63, 3.8) is 0 Å². The van der Waals surface area contributed by atoms with Crippen molar-refractivity contribution in [1.29, 1.82) is 0 Å². The fourth-order valence-electron chi connectivity index (χ4n) is 3.21. The molecule has 0 spiro atoms. The Morgan fingerprint density at radius 1 is 1.44 bits per heavy atom. The lowest BCUT2D eigenvalue weighted by molar-refractivity contribution is 0.0609. The monoisotopic (exact) mass is 250 g/mol. The van der Waals surface area contributed by atoms with Crippen LogP contribution in [0.15, 0.2) is 12.5 Å². The predicted octanol–water partition coefficient (Wildman–Crippen LogP) is 3.71. The van der Waals surface area contributed by atoms with Crippen LogP contribution in [0.1, 0.15) is 70.7 Å². The van der Waals surface area contributed by atoms with E-state index in [1.807, 2.05) is 12.5 Å². The van der Waals surface area contributed by atoms with Gasteiger partial charge in [0.05, 0.1) is 24.3 Å². The fraction of sp³-hybridized carbons (Fsp3) is 0.800. The van der Waals surface area contributed by atoms with E-state index in [0.29, 0.717) is 12.0 Å². The second-order valence-corrected chi connectivity index (χ2v) is 5.97. The molecule has 3 nitrogen and oxygen atoms in total. The van der Waals surface area contributed by atoms with E-state index in [2.05, 4.69) is 30.3 Å². The van der Waals surface area contributed by atoms with Gasteiger partial charge in [0, 0.05) is 6.04 Å². The minimum absolute atomic E-state index is 0.343. The smallest absolute Gasteiger partial charge is 0.0984 e. The average molecular weight is 250 g/mol. The molecule has 0 radical (unpaired) electrons. The number of aromatic nitrogens is 2. The first-order valence-corrected chi connectivity index (χ1v) is 7.33. The van der Waals surface area contributed by atoms with Gasteiger partial charge in [-0.1, -0.05) is 26.2 Å². The normalized spacial score (nSPS) is 26.5. The summed E-state index contributed by atoms with van der Waals surface area (Å²) in [6.45, 7) is 6.53. The standard InChI is InChI=1S/C15H26N2O/c1-4-12-6-5-7-13(8-12)15(18)14-9-16-10-17(14)11(2)3/h9-13,15,18H,4-8H2,1-3H3. The Morgan fingerprint density at radius 3 is 2.89 bits per heavy atom. The molecule has 1 aromatic heterocycles. The summed E-state index contributed by atoms with van der Waals surface area (Å²) < 4.78 is 2.10. The number of nitrogens with zero attached hydrogens (tertiary/aromatic N) is 2. The Bertz CT molecular complexity index is 372. The Morgan fingerprint density at radius 2 is 2.22 bits per heavy atom. The fourth-order valence-corrected chi connectivity index (χ4v) is 3.21. The third-order valence-electron chi connectivity index (χ3n) is 4.40. The van der Waals surface area contributed by atoms with Gasteiger partial charge in [-0.2, -0.15) is 0 Å². The van der Waals surface area contributed by atoms with Crippen molar-refractivity contribution in [2.24, 2.45) is 11.8 Å². The quantitative estimate of drug-likeness (QED) is 0.884. The first kappa shape index (κ1) is 13.6. The molecule has 0 bridgehead atoms. The molecule has 0 saturated heterocycles. The van der Waals surface area contributed by atoms with E-state index >= 15 is 0 Å². The molecule has 3 heteroatoms. The van der Waals surface area contributed by atoms with E-state index < -0.39 is 0 Å². The Hall–Kier alpha value is -0.830. The van der Waals surface area contributed by atoms with Crippen molar-refractivity contribution in [3.8, 4) is 0 Å². The maximum Gasteiger partial charge on any atom is 0.0984 e. The van der Waals surface area contributed by atoms with Crippen LogP contribution in [-0.2, 0) is 0 Å². The van der Waals surface area contributed by atoms with Crippen LogP contribution >= 0.6 is 0 Å². The van der Waals surface area contributed by atoms with Gasteiger partial charge in [0.2, 0.25) is 0 Å². The number of imidazole rings is 1. The highest BCUT2D eigenvalue weighted by molar-refractivity contribution is 5.06. The Labute approximate surface area is 110 Å². The maximum atomic E-state index is 10.6. The van der Waals surface area contributed by atoms with Crippen LogP contribution in [0.2, 0.25) is 0 Å². The average Bonchev–Trinajstić information content (AvgIpc) is 2.87. The third kappa shape index (κ3) is 2.77. The number of hydrogen-bond donors (Lipinski definition) is 1. The molecule has 3 unspecified atom stereocenters. The van der Waals surface area contributed by atoms with Crippen molar-refractivity contribution in [3.05, 3.63) is 18.2 Å². The molecule has 102 valence electrons. The second-order valence-electron chi connectivity index (χ2n) is 5.97. The van der Waals surface area contributed by atoms with E-state index in [1.54, 1.807) is 0 Å². The van der Waals surface area contributed by atoms with Crippen LogP contribution in [-0.4, -0.2) is 14.7 Å². The molecule has 1 aliphatic rings. The van der Waals surface area contributed by atoms with Crippen LogP contribution in [0.4, 0.5) is 0 Å². The predicted molar refractivity (Wildman–Crippen MR) is 73.3 cm³/mol. The molecule has 2 rings (SSSR count). The zero-order valence-electron chi connectivity index (χ0n) is 11.8. The van der Waals surface area contributed by atoms with Crippen LogP contribution in [0.3, 0.4) is 0 Å². The van der Waals surface area contributed by atoms with Gasteiger partial charge in [0.1, 0.15) is 0 Å². The molecule has 0 aliphatic heterocycles. The molecule has 1 saturated carbocycles. The van der Waals surface area contributed by atoms with Gasteiger partial charge in [0.15, 0.2) is 0 Å². The summed E-state index contributed by atoms with van der Waals surface area (Å²) in [7, 11) is 0. The van der Waals surface area contributed by atoms with Gasteiger partial charge in [0.25, 0.3) is 0 Å². The van der Waals surface area contributed by atoms with Crippen LogP contribution in [0.5, 0.6) is 0 Å². The summed E-state index contributed by atoms with van der Waals surface area (Å²) in [5.74, 6) is 1.21. The van der Waals surface area contributed by atoms with Crippen molar-refractivity contribution in [2.75, 3.05) is 0 Å². The zero-order valence-corrected chi connectivity index (χ0v) is 11.8. The van der Waals surface area contributed by atoms with E-state index in [4.69, 9.17) is 0 Å². The number of rotatable bonds is 4. The topological polar surface area (TPSA) is 38.1 Å². The molecule has 1 heterocycles. The molecule has 3 atom stereocenters. The summed E-state index contributed by atoms with van der Waals surface area (Å²) in [5.41, 5.74) is 0.992. The summed E-state index contributed by atoms with van der Waals surface area (Å²) >= 11 is 0. The van der Waals surface area contributed by atoms with E-state index in [0.717, 1.165) is 18.0 Å². The van der Waals surface area contributed by atoms with Crippen molar-refractivity contribution < 1.29 is 5.11 Å².